The molecular weight excluding hydrogens is 653 g/mol. The van der Waals surface area contributed by atoms with Crippen LogP contribution in [0.25, 0.3) is 0 Å². The Morgan fingerprint density at radius 2 is 1.10 bits per heavy atom. The molecule has 0 unspecified atom stereocenters. The van der Waals surface area contributed by atoms with Gasteiger partial charge in [0.1, 0.15) is 5.54 Å². The minimum absolute atomic E-state index is 0.142. The summed E-state index contributed by atoms with van der Waals surface area (Å²) in [6.07, 6.45) is 0. The van der Waals surface area contributed by atoms with E-state index in [4.69, 9.17) is 0 Å². The predicted octanol–water partition coefficient (Wildman–Crippen LogP) is 10.0. The van der Waals surface area contributed by atoms with Gasteiger partial charge in [0.2, 0.25) is 0 Å². The summed E-state index contributed by atoms with van der Waals surface area (Å²) in [6, 6.07) is 38.3. The van der Waals surface area contributed by atoms with E-state index in [2.05, 4.69) is 118 Å². The van der Waals surface area contributed by atoms with Gasteiger partial charge >= 0.3 is 5.84 Å². The molecule has 2 aliphatic rings. The number of hydroxylamine groups is 3. The molecule has 0 amide bonds. The van der Waals surface area contributed by atoms with Gasteiger partial charge in [-0.3, -0.25) is 4.74 Å². The number of hydrogen-bond donors (Lipinski definition) is 0. The van der Waals surface area contributed by atoms with Gasteiger partial charge in [0.25, 0.3) is 0 Å². The molecular formula is C42H45N6O2S. The van der Waals surface area contributed by atoms with Crippen LogP contribution in [0.1, 0.15) is 38.8 Å². The van der Waals surface area contributed by atoms with E-state index in [0.29, 0.717) is 5.56 Å². The molecule has 9 heteroatoms. The molecule has 0 N–H and O–H groups in total. The summed E-state index contributed by atoms with van der Waals surface area (Å²) in [7, 11) is 8.19. The van der Waals surface area contributed by atoms with E-state index in [9.17, 15) is 10.4 Å². The van der Waals surface area contributed by atoms with Crippen molar-refractivity contribution in [3.63, 3.8) is 0 Å². The predicted molar refractivity (Wildman–Crippen MR) is 212 cm³/mol. The largest absolute Gasteiger partial charge is 0.714 e. The molecule has 0 aliphatic carbocycles. The standard InChI is InChI=1S/C42H45N6O2S/c1-28-10-13-34(14-11-28)46-36-24-12-29(40-47(49)41(2,3)42(4,5)48(40)50)26-38(36)51-39-27-35(23-25-37(39)46)45(32-19-15-30(16-20-32)43(6)7)33-21-17-31(18-22-33)44(8)9/h10-27H,1-9H3. The second-order valence-electron chi connectivity index (χ2n) is 14.8. The van der Waals surface area contributed by atoms with Gasteiger partial charge in [-0.2, -0.15) is 0 Å². The molecule has 5 aromatic rings. The normalized spacial score (nSPS) is 15.8. The molecule has 2 aliphatic heterocycles. The third-order valence-electron chi connectivity index (χ3n) is 10.6. The molecule has 8 nitrogen and oxygen atoms in total. The van der Waals surface area contributed by atoms with Crippen LogP contribution in [0, 0.1) is 12.1 Å². The number of rotatable bonds is 7. The number of nitrogens with zero attached hydrogens (tertiary/aromatic N) is 6. The number of fused-ring (bicyclic) bond motifs is 2. The Hall–Kier alpha value is -5.12. The highest BCUT2D eigenvalue weighted by atomic mass is 32.2. The molecule has 2 heterocycles. The third kappa shape index (κ3) is 5.74. The van der Waals surface area contributed by atoms with Crippen LogP contribution in [0.2, 0.25) is 0 Å². The monoisotopic (exact) mass is 697 g/mol. The first-order chi connectivity index (χ1) is 24.2. The van der Waals surface area contributed by atoms with Crippen molar-refractivity contribution in [1.29, 1.82) is 0 Å². The Labute approximate surface area is 306 Å². The summed E-state index contributed by atoms with van der Waals surface area (Å²) in [6.45, 7) is 9.41. The van der Waals surface area contributed by atoms with Crippen molar-refractivity contribution in [2.24, 2.45) is 0 Å². The zero-order chi connectivity index (χ0) is 36.4. The molecule has 0 atom stereocenters. The molecule has 0 fully saturated rings. The van der Waals surface area contributed by atoms with Gasteiger partial charge in [0, 0.05) is 77.3 Å². The molecule has 5 aromatic carbocycles. The Balaban J connectivity index is 1.38. The fourth-order valence-corrected chi connectivity index (χ4v) is 7.77. The van der Waals surface area contributed by atoms with Crippen LogP contribution >= 0.6 is 11.8 Å². The van der Waals surface area contributed by atoms with Crippen molar-refractivity contribution in [3.8, 4) is 0 Å². The lowest BCUT2D eigenvalue weighted by Crippen LogP contribution is -2.53. The van der Waals surface area contributed by atoms with E-state index in [1.54, 1.807) is 11.8 Å². The molecule has 261 valence electrons. The van der Waals surface area contributed by atoms with E-state index in [-0.39, 0.29) is 5.84 Å². The molecule has 7 rings (SSSR count). The smallest absolute Gasteiger partial charge is 0.316 e. The van der Waals surface area contributed by atoms with Crippen molar-refractivity contribution < 1.29 is 9.95 Å². The van der Waals surface area contributed by atoms with E-state index in [1.165, 1.54) is 5.56 Å². The van der Waals surface area contributed by atoms with Crippen LogP contribution in [0.4, 0.5) is 45.5 Å². The second kappa shape index (κ2) is 12.6. The molecule has 0 aromatic heterocycles. The van der Waals surface area contributed by atoms with Gasteiger partial charge in [-0.05, 0) is 132 Å². The van der Waals surface area contributed by atoms with E-state index in [1.807, 2.05) is 74.1 Å². The highest BCUT2D eigenvalue weighted by molar-refractivity contribution is 7.99. The van der Waals surface area contributed by atoms with Crippen molar-refractivity contribution in [2.45, 2.75) is 55.5 Å². The Bertz CT molecular complexity index is 2070. The number of aryl methyl sites for hydroxylation is 1. The minimum atomic E-state index is -0.901. The molecule has 0 spiro atoms. The number of amidine groups is 1. The van der Waals surface area contributed by atoms with Crippen LogP contribution in [0.3, 0.4) is 0 Å². The van der Waals surface area contributed by atoms with E-state index >= 15 is 0 Å². The van der Waals surface area contributed by atoms with E-state index in [0.717, 1.165) is 65.1 Å². The molecule has 0 bridgehead atoms. The van der Waals surface area contributed by atoms with Gasteiger partial charge in [-0.15, -0.1) is 0 Å². The molecule has 1 radical (unpaired) electrons. The lowest BCUT2D eigenvalue weighted by Gasteiger charge is -2.34. The molecule has 0 saturated heterocycles. The van der Waals surface area contributed by atoms with Gasteiger partial charge in [0.05, 0.1) is 16.9 Å². The maximum Gasteiger partial charge on any atom is 0.316 e. The van der Waals surface area contributed by atoms with Gasteiger partial charge < -0.3 is 24.8 Å². The fraction of sp³-hybridized carbons (Fsp3) is 0.262. The lowest BCUT2D eigenvalue weighted by molar-refractivity contribution is -0.539. The van der Waals surface area contributed by atoms with Gasteiger partial charge in [-0.25, -0.2) is 0 Å². The zero-order valence-electron chi connectivity index (χ0n) is 30.8. The summed E-state index contributed by atoms with van der Waals surface area (Å²) in [5, 5.41) is 28.2. The summed E-state index contributed by atoms with van der Waals surface area (Å²) in [4.78, 5) is 10.8. The minimum Gasteiger partial charge on any atom is -0.714 e. The quantitative estimate of drug-likeness (QED) is 0.122. The Morgan fingerprint density at radius 1 is 0.627 bits per heavy atom. The van der Waals surface area contributed by atoms with Crippen LogP contribution < -0.4 is 19.6 Å². The van der Waals surface area contributed by atoms with Crippen molar-refractivity contribution in [3.05, 3.63) is 126 Å². The topological polar surface area (TPSA) is 62.2 Å². The van der Waals surface area contributed by atoms with Gasteiger partial charge in [-0.1, -0.05) is 34.5 Å². The number of benzene rings is 5. The summed E-state index contributed by atoms with van der Waals surface area (Å²) in [5.41, 5.74) is 8.45. The maximum atomic E-state index is 13.7. The van der Waals surface area contributed by atoms with Crippen LogP contribution in [-0.2, 0) is 5.21 Å². The van der Waals surface area contributed by atoms with Crippen molar-refractivity contribution in [1.82, 2.24) is 5.06 Å². The Morgan fingerprint density at radius 3 is 1.59 bits per heavy atom. The highest BCUT2D eigenvalue weighted by Crippen LogP contribution is 2.53. The lowest BCUT2D eigenvalue weighted by atomic mass is 9.84. The van der Waals surface area contributed by atoms with Crippen molar-refractivity contribution >= 4 is 63.1 Å². The first kappa shape index (κ1) is 34.3. The molecule has 0 saturated carbocycles. The number of anilines is 8. The number of hydrogen-bond acceptors (Lipinski definition) is 7. The summed E-state index contributed by atoms with van der Waals surface area (Å²) in [5.74, 6) is 0.142. The first-order valence-electron chi connectivity index (χ1n) is 17.2. The van der Waals surface area contributed by atoms with Crippen LogP contribution in [-0.4, -0.2) is 54.9 Å². The second-order valence-corrected chi connectivity index (χ2v) is 15.9. The SMILES string of the molecule is Cc1ccc(N2c3ccc(C4=[N+]([O-])C(C)(C)C(C)(C)N4[O])cc3Sc3cc(N(c4ccc(N(C)C)cc4)c4ccc(N(C)C)cc4)ccc32)cc1. The third-order valence-corrected chi connectivity index (χ3v) is 11.7. The maximum absolute atomic E-state index is 13.7. The van der Waals surface area contributed by atoms with Gasteiger partial charge in [0.15, 0.2) is 5.54 Å². The van der Waals surface area contributed by atoms with Crippen molar-refractivity contribution in [2.75, 3.05) is 47.8 Å². The van der Waals surface area contributed by atoms with Crippen LogP contribution in [0.15, 0.2) is 119 Å². The fourth-order valence-electron chi connectivity index (χ4n) is 6.64. The first-order valence-corrected chi connectivity index (χ1v) is 18.0. The van der Waals surface area contributed by atoms with E-state index < -0.39 is 11.1 Å². The Kier molecular flexibility index (Phi) is 8.47. The summed E-state index contributed by atoms with van der Waals surface area (Å²) < 4.78 is 0.889. The zero-order valence-corrected chi connectivity index (χ0v) is 31.6. The van der Waals surface area contributed by atoms with Crippen LogP contribution in [0.5, 0.6) is 0 Å². The highest BCUT2D eigenvalue weighted by Gasteiger charge is 2.60. The molecule has 51 heavy (non-hydrogen) atoms. The summed E-state index contributed by atoms with van der Waals surface area (Å²) >= 11 is 1.66. The average molecular weight is 698 g/mol. The average Bonchev–Trinajstić information content (AvgIpc) is 3.23.